The monoisotopic (exact) mass is 179 g/mol. The van der Waals surface area contributed by atoms with Crippen molar-refractivity contribution in [2.24, 2.45) is 22.5 Å². The van der Waals surface area contributed by atoms with Gasteiger partial charge in [0, 0.05) is 17.2 Å². The van der Waals surface area contributed by atoms with Gasteiger partial charge in [0.25, 0.3) is 0 Å². The average molecular weight is 179 g/mol. The largest absolute Gasteiger partial charge is 0.404 e. The quantitative estimate of drug-likeness (QED) is 0.577. The number of ketones is 1. The molecule has 2 rings (SSSR count). The SMILES string of the molecule is CC1(C)[C@@H]2CC[C@@]1(C)C(=O)/C2=C/N. The molecule has 2 atom stereocenters. The Hall–Kier alpha value is -0.790. The summed E-state index contributed by atoms with van der Waals surface area (Å²) in [6.07, 6.45) is 3.68. The number of carbonyl (C=O) groups excluding carboxylic acids is 1. The number of nitrogens with two attached hydrogens (primary N) is 1. The third-order valence-electron chi connectivity index (χ3n) is 4.54. The molecule has 13 heavy (non-hydrogen) atoms. The van der Waals surface area contributed by atoms with Gasteiger partial charge in [0.1, 0.15) is 0 Å². The first kappa shape index (κ1) is 8.79. The molecule has 0 saturated heterocycles. The fourth-order valence-electron chi connectivity index (χ4n) is 3.12. The van der Waals surface area contributed by atoms with Crippen molar-refractivity contribution >= 4 is 5.78 Å². The fraction of sp³-hybridized carbons (Fsp3) is 0.727. The molecule has 0 unspecified atom stereocenters. The van der Waals surface area contributed by atoms with Crippen LogP contribution in [0.4, 0.5) is 0 Å². The predicted molar refractivity (Wildman–Crippen MR) is 51.9 cm³/mol. The minimum atomic E-state index is -0.150. The number of allylic oxidation sites excluding steroid dienone is 1. The minimum Gasteiger partial charge on any atom is -0.404 e. The van der Waals surface area contributed by atoms with Gasteiger partial charge in [-0.2, -0.15) is 0 Å². The summed E-state index contributed by atoms with van der Waals surface area (Å²) < 4.78 is 0. The second kappa shape index (κ2) is 2.17. The maximum absolute atomic E-state index is 12.0. The number of fused-ring (bicyclic) bond motifs is 2. The van der Waals surface area contributed by atoms with E-state index < -0.39 is 0 Å². The van der Waals surface area contributed by atoms with Crippen LogP contribution in [0, 0.1) is 16.7 Å². The van der Waals surface area contributed by atoms with Crippen LogP contribution >= 0.6 is 0 Å². The molecule has 0 heterocycles. The van der Waals surface area contributed by atoms with E-state index in [2.05, 4.69) is 20.8 Å². The molecule has 2 N–H and O–H groups in total. The lowest BCUT2D eigenvalue weighted by Gasteiger charge is -2.31. The average Bonchev–Trinajstić information content (AvgIpc) is 2.36. The van der Waals surface area contributed by atoms with Crippen molar-refractivity contribution in [1.82, 2.24) is 0 Å². The summed E-state index contributed by atoms with van der Waals surface area (Å²) in [4.78, 5) is 12.0. The van der Waals surface area contributed by atoms with E-state index in [0.29, 0.717) is 5.92 Å². The zero-order chi connectivity index (χ0) is 9.85. The summed E-state index contributed by atoms with van der Waals surface area (Å²) in [5, 5.41) is 0. The molecule has 2 bridgehead atoms. The highest BCUT2D eigenvalue weighted by Gasteiger charge is 2.63. The predicted octanol–water partition coefficient (Wildman–Crippen LogP) is 1.85. The first-order valence-corrected chi connectivity index (χ1v) is 4.92. The summed E-state index contributed by atoms with van der Waals surface area (Å²) in [6.45, 7) is 6.48. The highest BCUT2D eigenvalue weighted by molar-refractivity contribution is 6.04. The van der Waals surface area contributed by atoms with E-state index >= 15 is 0 Å². The number of rotatable bonds is 0. The third kappa shape index (κ3) is 0.725. The summed E-state index contributed by atoms with van der Waals surface area (Å²) in [5.74, 6) is 0.686. The second-order valence-electron chi connectivity index (χ2n) is 5.10. The zero-order valence-corrected chi connectivity index (χ0v) is 8.55. The molecular formula is C11H17NO. The van der Waals surface area contributed by atoms with Gasteiger partial charge in [-0.15, -0.1) is 0 Å². The van der Waals surface area contributed by atoms with Crippen LogP contribution < -0.4 is 5.73 Å². The molecule has 0 aromatic heterocycles. The third-order valence-corrected chi connectivity index (χ3v) is 4.54. The highest BCUT2D eigenvalue weighted by atomic mass is 16.1. The van der Waals surface area contributed by atoms with Crippen molar-refractivity contribution in [3.63, 3.8) is 0 Å². The van der Waals surface area contributed by atoms with E-state index in [1.165, 1.54) is 6.20 Å². The molecule has 2 fully saturated rings. The van der Waals surface area contributed by atoms with Crippen LogP contribution in [-0.2, 0) is 4.79 Å². The molecular weight excluding hydrogens is 162 g/mol. The van der Waals surface area contributed by atoms with Crippen molar-refractivity contribution in [3.05, 3.63) is 11.8 Å². The maximum atomic E-state index is 12.0. The molecule has 0 aromatic rings. The molecule has 0 amide bonds. The standard InChI is InChI=1S/C11H17NO/c1-10(2)8-4-5-11(10,3)9(13)7(8)6-12/h6,8H,4-5,12H2,1-3H3/b7-6+/t8-,11+/m1/s1. The molecule has 2 saturated carbocycles. The molecule has 2 aliphatic carbocycles. The number of hydrogen-bond donors (Lipinski definition) is 1. The van der Waals surface area contributed by atoms with Crippen molar-refractivity contribution in [2.75, 3.05) is 0 Å². The van der Waals surface area contributed by atoms with E-state index in [4.69, 9.17) is 5.73 Å². The van der Waals surface area contributed by atoms with Crippen LogP contribution in [0.5, 0.6) is 0 Å². The molecule has 0 spiro atoms. The topological polar surface area (TPSA) is 43.1 Å². The highest BCUT2D eigenvalue weighted by Crippen LogP contribution is 2.65. The molecule has 0 aliphatic heterocycles. The molecule has 2 nitrogen and oxygen atoms in total. The van der Waals surface area contributed by atoms with E-state index in [9.17, 15) is 4.79 Å². The summed E-state index contributed by atoms with van der Waals surface area (Å²) >= 11 is 0. The lowest BCUT2D eigenvalue weighted by Crippen LogP contribution is -2.32. The Kier molecular flexibility index (Phi) is 1.47. The molecule has 2 aliphatic rings. The van der Waals surface area contributed by atoms with Crippen LogP contribution in [0.1, 0.15) is 33.6 Å². The summed E-state index contributed by atoms with van der Waals surface area (Å²) in [7, 11) is 0. The summed E-state index contributed by atoms with van der Waals surface area (Å²) in [6, 6.07) is 0. The van der Waals surface area contributed by atoms with Gasteiger partial charge in [-0.25, -0.2) is 0 Å². The normalized spacial score (nSPS) is 44.7. The van der Waals surface area contributed by atoms with Crippen molar-refractivity contribution < 1.29 is 4.79 Å². The van der Waals surface area contributed by atoms with Crippen LogP contribution in [0.2, 0.25) is 0 Å². The number of hydrogen-bond acceptors (Lipinski definition) is 2. The van der Waals surface area contributed by atoms with Crippen molar-refractivity contribution in [3.8, 4) is 0 Å². The van der Waals surface area contributed by atoms with Gasteiger partial charge in [0.2, 0.25) is 0 Å². The zero-order valence-electron chi connectivity index (χ0n) is 8.55. The van der Waals surface area contributed by atoms with Crippen molar-refractivity contribution in [2.45, 2.75) is 33.6 Å². The van der Waals surface area contributed by atoms with Gasteiger partial charge in [-0.3, -0.25) is 4.79 Å². The van der Waals surface area contributed by atoms with Crippen LogP contribution in [0.3, 0.4) is 0 Å². The minimum absolute atomic E-state index is 0.106. The maximum Gasteiger partial charge on any atom is 0.167 e. The molecule has 0 radical (unpaired) electrons. The Labute approximate surface area is 79.2 Å². The number of Topliss-reactive ketones (excluding diaryl/α,β-unsaturated/α-hetero) is 1. The fourth-order valence-corrected chi connectivity index (χ4v) is 3.12. The Morgan fingerprint density at radius 2 is 2.08 bits per heavy atom. The number of carbonyl (C=O) groups is 1. The lowest BCUT2D eigenvalue weighted by molar-refractivity contribution is -0.125. The smallest absolute Gasteiger partial charge is 0.167 e. The summed E-state index contributed by atoms with van der Waals surface area (Å²) in [5.41, 5.74) is 6.34. The Bertz CT molecular complexity index is 303. The first-order valence-electron chi connectivity index (χ1n) is 4.92. The van der Waals surface area contributed by atoms with Crippen LogP contribution in [0.15, 0.2) is 11.8 Å². The van der Waals surface area contributed by atoms with Gasteiger partial charge < -0.3 is 5.73 Å². The van der Waals surface area contributed by atoms with Gasteiger partial charge in [-0.1, -0.05) is 20.8 Å². The molecule has 0 aromatic carbocycles. The van der Waals surface area contributed by atoms with Crippen LogP contribution in [0.25, 0.3) is 0 Å². The lowest BCUT2D eigenvalue weighted by atomic mass is 9.70. The van der Waals surface area contributed by atoms with E-state index in [1.807, 2.05) is 0 Å². The Morgan fingerprint density at radius 1 is 1.46 bits per heavy atom. The Balaban J connectivity index is 2.57. The van der Waals surface area contributed by atoms with Gasteiger partial charge in [0.15, 0.2) is 5.78 Å². The second-order valence-corrected chi connectivity index (χ2v) is 5.10. The van der Waals surface area contributed by atoms with Gasteiger partial charge in [0.05, 0.1) is 0 Å². The van der Waals surface area contributed by atoms with Gasteiger partial charge in [-0.05, 0) is 24.2 Å². The van der Waals surface area contributed by atoms with E-state index in [1.54, 1.807) is 0 Å². The van der Waals surface area contributed by atoms with E-state index in [-0.39, 0.29) is 16.6 Å². The van der Waals surface area contributed by atoms with Gasteiger partial charge >= 0.3 is 0 Å². The van der Waals surface area contributed by atoms with Crippen LogP contribution in [-0.4, -0.2) is 5.78 Å². The molecule has 72 valence electrons. The van der Waals surface area contributed by atoms with Crippen molar-refractivity contribution in [1.29, 1.82) is 0 Å². The Morgan fingerprint density at radius 3 is 2.38 bits per heavy atom. The molecule has 2 heteroatoms. The first-order chi connectivity index (χ1) is 5.95. The van der Waals surface area contributed by atoms with E-state index in [0.717, 1.165) is 18.4 Å².